The highest BCUT2D eigenvalue weighted by molar-refractivity contribution is 5.80. The summed E-state index contributed by atoms with van der Waals surface area (Å²) in [7, 11) is 1.66. The molecular weight excluding hydrogens is 430 g/mol. The van der Waals surface area contributed by atoms with Gasteiger partial charge >= 0.3 is 5.69 Å². The van der Waals surface area contributed by atoms with Gasteiger partial charge in [-0.05, 0) is 29.3 Å². The van der Waals surface area contributed by atoms with E-state index in [-0.39, 0.29) is 23.9 Å². The van der Waals surface area contributed by atoms with Crippen LogP contribution in [0.25, 0.3) is 16.7 Å². The monoisotopic (exact) mass is 453 g/mol. The average molecular weight is 453 g/mol. The van der Waals surface area contributed by atoms with Crippen LogP contribution in [-0.2, 0) is 20.3 Å². The van der Waals surface area contributed by atoms with E-state index >= 15 is 0 Å². The SMILES string of the molecule is Cn1c(=O)n(-c2ccc(OCc3ccccc3)nc2OCc2ccccc2)c2ccc(O)cc21. The zero-order chi connectivity index (χ0) is 23.5. The van der Waals surface area contributed by atoms with E-state index in [1.165, 1.54) is 9.13 Å². The first-order valence-corrected chi connectivity index (χ1v) is 10.9. The quantitative estimate of drug-likeness (QED) is 0.390. The van der Waals surface area contributed by atoms with Gasteiger partial charge in [-0.2, -0.15) is 4.98 Å². The molecule has 7 nitrogen and oxygen atoms in total. The van der Waals surface area contributed by atoms with E-state index in [0.717, 1.165) is 11.1 Å². The predicted molar refractivity (Wildman–Crippen MR) is 130 cm³/mol. The van der Waals surface area contributed by atoms with Crippen molar-refractivity contribution in [3.05, 3.63) is 113 Å². The third-order valence-corrected chi connectivity index (χ3v) is 5.54. The van der Waals surface area contributed by atoms with Gasteiger partial charge in [0.2, 0.25) is 11.8 Å². The number of imidazole rings is 1. The second-order valence-electron chi connectivity index (χ2n) is 7.87. The van der Waals surface area contributed by atoms with Crippen molar-refractivity contribution in [1.29, 1.82) is 0 Å². The molecule has 0 aliphatic heterocycles. The molecule has 1 N–H and O–H groups in total. The Balaban J connectivity index is 1.55. The first-order chi connectivity index (χ1) is 16.6. The van der Waals surface area contributed by atoms with Gasteiger partial charge in [0.1, 0.15) is 24.7 Å². The van der Waals surface area contributed by atoms with Crippen LogP contribution in [0.15, 0.2) is 95.8 Å². The zero-order valence-electron chi connectivity index (χ0n) is 18.6. The fraction of sp³-hybridized carbons (Fsp3) is 0.111. The molecule has 0 saturated heterocycles. The molecule has 34 heavy (non-hydrogen) atoms. The van der Waals surface area contributed by atoms with Crippen LogP contribution in [0.2, 0.25) is 0 Å². The van der Waals surface area contributed by atoms with Crippen LogP contribution in [0.1, 0.15) is 11.1 Å². The lowest BCUT2D eigenvalue weighted by atomic mass is 10.2. The summed E-state index contributed by atoms with van der Waals surface area (Å²) < 4.78 is 15.0. The number of hydrogen-bond acceptors (Lipinski definition) is 5. The summed E-state index contributed by atoms with van der Waals surface area (Å²) >= 11 is 0. The molecule has 5 rings (SSSR count). The molecule has 2 aromatic heterocycles. The lowest BCUT2D eigenvalue weighted by molar-refractivity contribution is 0.267. The van der Waals surface area contributed by atoms with Crippen molar-refractivity contribution in [2.24, 2.45) is 7.05 Å². The minimum absolute atomic E-state index is 0.0867. The molecule has 7 heteroatoms. The Bertz CT molecular complexity index is 1490. The number of nitrogens with zero attached hydrogens (tertiary/aromatic N) is 3. The summed E-state index contributed by atoms with van der Waals surface area (Å²) in [6.07, 6.45) is 0. The third kappa shape index (κ3) is 4.23. The maximum Gasteiger partial charge on any atom is 0.333 e. The van der Waals surface area contributed by atoms with Crippen LogP contribution >= 0.6 is 0 Å². The summed E-state index contributed by atoms with van der Waals surface area (Å²) in [5.74, 6) is 0.752. The molecule has 0 atom stereocenters. The van der Waals surface area contributed by atoms with Crippen molar-refractivity contribution in [3.8, 4) is 23.2 Å². The third-order valence-electron chi connectivity index (χ3n) is 5.54. The molecular formula is C27H23N3O4. The summed E-state index contributed by atoms with van der Waals surface area (Å²) in [5.41, 5.74) is 3.44. The van der Waals surface area contributed by atoms with Gasteiger partial charge in [0.15, 0.2) is 0 Å². The standard InChI is InChI=1S/C27H23N3O4/c1-29-24-16-21(31)12-13-22(24)30(27(29)32)23-14-15-25(33-17-19-8-4-2-5-9-19)28-26(23)34-18-20-10-6-3-7-11-20/h2-16,31H,17-18H2,1H3. The Morgan fingerprint density at radius 3 is 2.12 bits per heavy atom. The van der Waals surface area contributed by atoms with Crippen LogP contribution in [0, 0.1) is 0 Å². The van der Waals surface area contributed by atoms with Gasteiger partial charge < -0.3 is 14.6 Å². The molecule has 0 bridgehead atoms. The van der Waals surface area contributed by atoms with Crippen molar-refractivity contribution < 1.29 is 14.6 Å². The van der Waals surface area contributed by atoms with Gasteiger partial charge in [0.05, 0.1) is 11.0 Å². The van der Waals surface area contributed by atoms with E-state index in [4.69, 9.17) is 9.47 Å². The van der Waals surface area contributed by atoms with Crippen LogP contribution in [0.3, 0.4) is 0 Å². The van der Waals surface area contributed by atoms with Gasteiger partial charge in [-0.1, -0.05) is 60.7 Å². The number of pyridine rings is 1. The molecule has 0 amide bonds. The fourth-order valence-electron chi connectivity index (χ4n) is 3.79. The Morgan fingerprint density at radius 1 is 0.794 bits per heavy atom. The van der Waals surface area contributed by atoms with Crippen molar-refractivity contribution >= 4 is 11.0 Å². The molecule has 5 aromatic rings. The maximum absolute atomic E-state index is 13.2. The second-order valence-corrected chi connectivity index (χ2v) is 7.87. The van der Waals surface area contributed by atoms with E-state index in [2.05, 4.69) is 4.98 Å². The van der Waals surface area contributed by atoms with E-state index in [1.54, 1.807) is 37.4 Å². The number of benzene rings is 3. The smallest absolute Gasteiger partial charge is 0.333 e. The van der Waals surface area contributed by atoms with Crippen molar-refractivity contribution in [2.45, 2.75) is 13.2 Å². The van der Waals surface area contributed by atoms with E-state index < -0.39 is 0 Å². The van der Waals surface area contributed by atoms with E-state index in [0.29, 0.717) is 29.2 Å². The predicted octanol–water partition coefficient (Wildman–Crippen LogP) is 4.59. The van der Waals surface area contributed by atoms with Crippen molar-refractivity contribution in [1.82, 2.24) is 14.1 Å². The van der Waals surface area contributed by atoms with Crippen LogP contribution in [0.4, 0.5) is 0 Å². The van der Waals surface area contributed by atoms with Gasteiger partial charge in [0, 0.05) is 19.2 Å². The minimum atomic E-state index is -0.273. The first-order valence-electron chi connectivity index (χ1n) is 10.9. The number of phenols is 1. The number of hydrogen-bond donors (Lipinski definition) is 1. The Hall–Kier alpha value is -4.52. The van der Waals surface area contributed by atoms with Gasteiger partial charge in [-0.25, -0.2) is 4.79 Å². The molecule has 0 unspecified atom stereocenters. The van der Waals surface area contributed by atoms with Gasteiger partial charge in [0.25, 0.3) is 0 Å². The number of aryl methyl sites for hydroxylation is 1. The highest BCUT2D eigenvalue weighted by Crippen LogP contribution is 2.28. The Labute approximate surface area is 196 Å². The molecule has 0 radical (unpaired) electrons. The summed E-state index contributed by atoms with van der Waals surface area (Å²) in [6, 6.07) is 27.8. The number of ether oxygens (including phenoxy) is 2. The molecule has 170 valence electrons. The number of aromatic hydroxyl groups is 1. The largest absolute Gasteiger partial charge is 0.508 e. The van der Waals surface area contributed by atoms with Gasteiger partial charge in [-0.15, -0.1) is 0 Å². The molecule has 3 aromatic carbocycles. The molecule has 0 aliphatic carbocycles. The lowest BCUT2D eigenvalue weighted by Gasteiger charge is -2.14. The van der Waals surface area contributed by atoms with Crippen LogP contribution in [-0.4, -0.2) is 19.2 Å². The lowest BCUT2D eigenvalue weighted by Crippen LogP contribution is -2.21. The summed E-state index contributed by atoms with van der Waals surface area (Å²) in [4.78, 5) is 17.7. The Kier molecular flexibility index (Phi) is 5.74. The number of fused-ring (bicyclic) bond motifs is 1. The second kappa shape index (κ2) is 9.15. The van der Waals surface area contributed by atoms with Gasteiger partial charge in [-0.3, -0.25) is 9.13 Å². The molecule has 2 heterocycles. The summed E-state index contributed by atoms with van der Waals surface area (Å²) in [6.45, 7) is 0.641. The van der Waals surface area contributed by atoms with Crippen molar-refractivity contribution in [3.63, 3.8) is 0 Å². The molecule has 0 saturated carbocycles. The highest BCUT2D eigenvalue weighted by atomic mass is 16.5. The average Bonchev–Trinajstić information content (AvgIpc) is 3.12. The van der Waals surface area contributed by atoms with Crippen LogP contribution in [0.5, 0.6) is 17.5 Å². The normalized spacial score (nSPS) is 11.0. The fourth-order valence-corrected chi connectivity index (χ4v) is 3.79. The van der Waals surface area contributed by atoms with Crippen molar-refractivity contribution in [2.75, 3.05) is 0 Å². The minimum Gasteiger partial charge on any atom is -0.508 e. The molecule has 0 aliphatic rings. The Morgan fingerprint density at radius 2 is 1.44 bits per heavy atom. The van der Waals surface area contributed by atoms with Crippen LogP contribution < -0.4 is 15.2 Å². The van der Waals surface area contributed by atoms with E-state index in [9.17, 15) is 9.90 Å². The number of rotatable bonds is 7. The number of phenolic OH excluding ortho intramolecular Hbond substituents is 1. The topological polar surface area (TPSA) is 78.5 Å². The molecule has 0 fully saturated rings. The maximum atomic E-state index is 13.2. The molecule has 0 spiro atoms. The number of aromatic nitrogens is 3. The zero-order valence-corrected chi connectivity index (χ0v) is 18.6. The van der Waals surface area contributed by atoms with E-state index in [1.807, 2.05) is 60.7 Å². The highest BCUT2D eigenvalue weighted by Gasteiger charge is 2.18. The first kappa shape index (κ1) is 21.3. The summed E-state index contributed by atoms with van der Waals surface area (Å²) in [5, 5.41) is 9.90.